The average molecular weight is 504 g/mol. The maximum absolute atomic E-state index is 13.2. The van der Waals surface area contributed by atoms with Crippen molar-refractivity contribution in [2.45, 2.75) is 12.6 Å². The molecule has 8 heteroatoms. The van der Waals surface area contributed by atoms with E-state index in [0.29, 0.717) is 35.0 Å². The minimum atomic E-state index is -0.800. The van der Waals surface area contributed by atoms with E-state index >= 15 is 0 Å². The van der Waals surface area contributed by atoms with Gasteiger partial charge in [0, 0.05) is 19.2 Å². The first-order chi connectivity index (χ1) is 18.0. The van der Waals surface area contributed by atoms with Crippen molar-refractivity contribution in [3.63, 3.8) is 0 Å². The second-order valence-corrected chi connectivity index (χ2v) is 8.40. The molecule has 8 nitrogen and oxygen atoms in total. The minimum absolute atomic E-state index is 0.00808. The number of likely N-dealkylation sites (tertiary alicyclic amines) is 1. The molecular weight excluding hydrogens is 474 g/mol. The quantitative estimate of drug-likeness (QED) is 0.250. The molecule has 3 aromatic rings. The topological polar surface area (TPSA) is 94.5 Å². The van der Waals surface area contributed by atoms with E-state index in [0.717, 1.165) is 5.56 Å². The molecule has 0 aromatic heterocycles. The highest BCUT2D eigenvalue weighted by molar-refractivity contribution is 6.46. The number of Topliss-reactive ketones (excluding diaryl/α,β-unsaturated/α-hetero) is 1. The fourth-order valence-corrected chi connectivity index (χ4v) is 4.27. The molecule has 0 radical (unpaired) electrons. The summed E-state index contributed by atoms with van der Waals surface area (Å²) in [6.45, 7) is 0.824. The number of nitrogens with zero attached hydrogens (tertiary/aromatic N) is 1. The molecule has 1 aliphatic heterocycles. The number of hydrogen-bond donors (Lipinski definition) is 1. The molecule has 3 aromatic carbocycles. The highest BCUT2D eigenvalue weighted by Gasteiger charge is 2.45. The molecule has 0 aliphatic carbocycles. The Morgan fingerprint density at radius 2 is 1.59 bits per heavy atom. The van der Waals surface area contributed by atoms with Gasteiger partial charge in [-0.3, -0.25) is 9.59 Å². The lowest BCUT2D eigenvalue weighted by Crippen LogP contribution is -2.32. The molecule has 1 atom stereocenters. The van der Waals surface area contributed by atoms with E-state index in [1.165, 1.54) is 26.2 Å². The van der Waals surface area contributed by atoms with Crippen molar-refractivity contribution in [1.82, 2.24) is 4.90 Å². The number of aliphatic hydroxyl groups excluding tert-OH is 1. The van der Waals surface area contributed by atoms with Crippen LogP contribution < -0.4 is 14.2 Å². The zero-order valence-electron chi connectivity index (χ0n) is 21.0. The highest BCUT2D eigenvalue weighted by atomic mass is 16.5. The summed E-state index contributed by atoms with van der Waals surface area (Å²) in [5.74, 6) is -0.264. The van der Waals surface area contributed by atoms with Gasteiger partial charge >= 0.3 is 0 Å². The lowest BCUT2D eigenvalue weighted by molar-refractivity contribution is -0.140. The fraction of sp³-hybridized carbons (Fsp3) is 0.241. The third-order valence-electron chi connectivity index (χ3n) is 6.18. The van der Waals surface area contributed by atoms with Crippen LogP contribution in [-0.2, 0) is 20.9 Å². The van der Waals surface area contributed by atoms with Gasteiger partial charge < -0.3 is 29.0 Å². The maximum Gasteiger partial charge on any atom is 0.295 e. The smallest absolute Gasteiger partial charge is 0.295 e. The molecule has 1 aliphatic rings. The van der Waals surface area contributed by atoms with E-state index in [2.05, 4.69) is 0 Å². The predicted molar refractivity (Wildman–Crippen MR) is 138 cm³/mol. The van der Waals surface area contributed by atoms with Crippen molar-refractivity contribution >= 4 is 17.4 Å². The molecule has 37 heavy (non-hydrogen) atoms. The molecule has 0 saturated carbocycles. The Morgan fingerprint density at radius 3 is 2.24 bits per heavy atom. The number of amides is 1. The van der Waals surface area contributed by atoms with Gasteiger partial charge in [0.25, 0.3) is 11.7 Å². The number of benzene rings is 3. The Bertz CT molecular complexity index is 1290. The van der Waals surface area contributed by atoms with Crippen LogP contribution in [0.5, 0.6) is 17.2 Å². The predicted octanol–water partition coefficient (Wildman–Crippen LogP) is 4.35. The Hall–Kier alpha value is -4.30. The summed E-state index contributed by atoms with van der Waals surface area (Å²) in [4.78, 5) is 27.6. The van der Waals surface area contributed by atoms with Crippen molar-refractivity contribution < 1.29 is 33.6 Å². The Balaban J connectivity index is 1.70. The van der Waals surface area contributed by atoms with Crippen LogP contribution in [0.2, 0.25) is 0 Å². The van der Waals surface area contributed by atoms with Gasteiger partial charge in [0.1, 0.15) is 18.1 Å². The van der Waals surface area contributed by atoms with Crippen molar-refractivity contribution in [1.29, 1.82) is 0 Å². The first kappa shape index (κ1) is 25.8. The molecule has 0 unspecified atom stereocenters. The van der Waals surface area contributed by atoms with E-state index in [-0.39, 0.29) is 24.5 Å². The molecule has 0 bridgehead atoms. The van der Waals surface area contributed by atoms with E-state index in [4.69, 9.17) is 18.9 Å². The minimum Gasteiger partial charge on any atom is -0.507 e. The van der Waals surface area contributed by atoms with E-state index in [1.54, 1.807) is 42.5 Å². The molecule has 1 heterocycles. The third kappa shape index (κ3) is 5.44. The lowest BCUT2D eigenvalue weighted by atomic mass is 9.95. The number of carbonyl (C=O) groups excluding carboxylic acids is 2. The van der Waals surface area contributed by atoms with Crippen LogP contribution in [0.1, 0.15) is 22.7 Å². The fourth-order valence-electron chi connectivity index (χ4n) is 4.27. The van der Waals surface area contributed by atoms with Crippen molar-refractivity contribution in [3.8, 4) is 17.2 Å². The van der Waals surface area contributed by atoms with Crippen LogP contribution in [0.3, 0.4) is 0 Å². The van der Waals surface area contributed by atoms with E-state index in [1.807, 2.05) is 30.3 Å². The molecule has 0 spiro atoms. The molecule has 1 saturated heterocycles. The number of rotatable bonds is 10. The third-order valence-corrected chi connectivity index (χ3v) is 6.18. The largest absolute Gasteiger partial charge is 0.507 e. The number of ketones is 1. The summed E-state index contributed by atoms with van der Waals surface area (Å²) in [6.07, 6.45) is 0. The van der Waals surface area contributed by atoms with Gasteiger partial charge in [-0.15, -0.1) is 0 Å². The summed E-state index contributed by atoms with van der Waals surface area (Å²) in [6, 6.07) is 20.9. The molecule has 192 valence electrons. The first-order valence-electron chi connectivity index (χ1n) is 11.7. The summed E-state index contributed by atoms with van der Waals surface area (Å²) < 4.78 is 21.7. The first-order valence-corrected chi connectivity index (χ1v) is 11.7. The normalized spacial score (nSPS) is 16.6. The SMILES string of the molecule is COCCN1C(=O)C(=O)C(=C(O)c2ccc(OC)c(OC)c2)[C@@H]1c1ccc(OCc2ccccc2)cc1. The van der Waals surface area contributed by atoms with Gasteiger partial charge in [0.15, 0.2) is 11.5 Å². The van der Waals surface area contributed by atoms with Crippen LogP contribution in [0.4, 0.5) is 0 Å². The van der Waals surface area contributed by atoms with Crippen molar-refractivity contribution in [2.75, 3.05) is 34.5 Å². The standard InChI is InChI=1S/C29H29NO7/c1-34-16-15-30-26(20-9-12-22(13-10-20)37-18-19-7-5-4-6-8-19)25(28(32)29(30)33)27(31)21-11-14-23(35-2)24(17-21)36-3/h4-14,17,26,31H,15-16,18H2,1-3H3/t26-/m0/s1. The lowest BCUT2D eigenvalue weighted by Gasteiger charge is -2.25. The maximum atomic E-state index is 13.2. The Morgan fingerprint density at radius 1 is 0.892 bits per heavy atom. The van der Waals surface area contributed by atoms with E-state index < -0.39 is 17.7 Å². The molecule has 1 amide bonds. The number of carbonyl (C=O) groups is 2. The van der Waals surface area contributed by atoms with Crippen LogP contribution in [0, 0.1) is 0 Å². The van der Waals surface area contributed by atoms with Crippen LogP contribution >= 0.6 is 0 Å². The number of methoxy groups -OCH3 is 3. The van der Waals surface area contributed by atoms with Crippen LogP contribution in [0.15, 0.2) is 78.4 Å². The van der Waals surface area contributed by atoms with Crippen molar-refractivity contribution in [2.24, 2.45) is 0 Å². The van der Waals surface area contributed by atoms with Gasteiger partial charge in [0.05, 0.1) is 32.4 Å². The van der Waals surface area contributed by atoms with Crippen LogP contribution in [-0.4, -0.2) is 56.2 Å². The second-order valence-electron chi connectivity index (χ2n) is 8.40. The average Bonchev–Trinajstić information content (AvgIpc) is 3.19. The Labute approximate surface area is 215 Å². The number of aliphatic hydroxyl groups is 1. The highest BCUT2D eigenvalue weighted by Crippen LogP contribution is 2.41. The molecule has 1 N–H and O–H groups in total. The van der Waals surface area contributed by atoms with Crippen LogP contribution in [0.25, 0.3) is 5.76 Å². The molecule has 1 fully saturated rings. The zero-order chi connectivity index (χ0) is 26.4. The molecular formula is C29H29NO7. The zero-order valence-corrected chi connectivity index (χ0v) is 21.0. The second kappa shape index (κ2) is 11.6. The summed E-state index contributed by atoms with van der Waals surface area (Å²) in [5.41, 5.74) is 2.01. The van der Waals surface area contributed by atoms with Gasteiger partial charge in [-0.1, -0.05) is 42.5 Å². The number of ether oxygens (including phenoxy) is 4. The monoisotopic (exact) mass is 503 g/mol. The van der Waals surface area contributed by atoms with Crippen molar-refractivity contribution in [3.05, 3.63) is 95.1 Å². The van der Waals surface area contributed by atoms with Gasteiger partial charge in [0.2, 0.25) is 0 Å². The van der Waals surface area contributed by atoms with Gasteiger partial charge in [-0.25, -0.2) is 0 Å². The summed E-state index contributed by atoms with van der Waals surface area (Å²) in [5, 5.41) is 11.3. The molecule has 4 rings (SSSR count). The number of hydrogen-bond acceptors (Lipinski definition) is 7. The van der Waals surface area contributed by atoms with Gasteiger partial charge in [-0.2, -0.15) is 0 Å². The van der Waals surface area contributed by atoms with E-state index in [9.17, 15) is 14.7 Å². The Kier molecular flexibility index (Phi) is 8.10. The van der Waals surface area contributed by atoms with Gasteiger partial charge in [-0.05, 0) is 41.5 Å². The summed E-state index contributed by atoms with van der Waals surface area (Å²) in [7, 11) is 4.51. The summed E-state index contributed by atoms with van der Waals surface area (Å²) >= 11 is 0.